The molecule has 144 valence electrons. The van der Waals surface area contributed by atoms with Crippen LogP contribution in [-0.2, 0) is 4.79 Å². The molecule has 8 heteroatoms. The molecule has 4 rings (SSSR count). The summed E-state index contributed by atoms with van der Waals surface area (Å²) in [6.45, 7) is 1.48. The minimum Gasteiger partial charge on any atom is -0.369 e. The molecule has 0 bridgehead atoms. The summed E-state index contributed by atoms with van der Waals surface area (Å²) in [7, 11) is 0. The summed E-state index contributed by atoms with van der Waals surface area (Å²) in [5.41, 5.74) is 6.09. The van der Waals surface area contributed by atoms with Crippen molar-refractivity contribution in [3.63, 3.8) is 0 Å². The summed E-state index contributed by atoms with van der Waals surface area (Å²) in [6.07, 6.45) is 5.87. The van der Waals surface area contributed by atoms with Crippen molar-refractivity contribution in [3.8, 4) is 0 Å². The van der Waals surface area contributed by atoms with Crippen LogP contribution in [0.2, 0.25) is 0 Å². The molecule has 1 aliphatic carbocycles. The predicted molar refractivity (Wildman–Crippen MR) is 96.2 cm³/mol. The highest BCUT2D eigenvalue weighted by Crippen LogP contribution is 2.31. The Morgan fingerprint density at radius 2 is 1.89 bits per heavy atom. The number of rotatable bonds is 5. The van der Waals surface area contributed by atoms with Gasteiger partial charge in [0.1, 0.15) is 5.82 Å². The molecule has 2 fully saturated rings. The molecule has 1 aliphatic heterocycles. The van der Waals surface area contributed by atoms with Gasteiger partial charge in [-0.1, -0.05) is 25.0 Å². The molecule has 3 N–H and O–H groups in total. The van der Waals surface area contributed by atoms with E-state index in [1.807, 2.05) is 16.8 Å². The van der Waals surface area contributed by atoms with Gasteiger partial charge in [0.05, 0.1) is 24.7 Å². The zero-order chi connectivity index (χ0) is 18.8. The lowest BCUT2D eigenvalue weighted by Gasteiger charge is -2.33. The van der Waals surface area contributed by atoms with Crippen molar-refractivity contribution in [2.75, 3.05) is 13.1 Å². The Balaban J connectivity index is 1.69. The van der Waals surface area contributed by atoms with Crippen LogP contribution < -0.4 is 10.6 Å². The maximum atomic E-state index is 14.7. The number of hydrogen-bond acceptors (Lipinski definition) is 4. The molecule has 2 aromatic rings. The van der Waals surface area contributed by atoms with Crippen LogP contribution in [-0.4, -0.2) is 39.2 Å². The van der Waals surface area contributed by atoms with Crippen LogP contribution in [0.4, 0.5) is 4.39 Å². The van der Waals surface area contributed by atoms with Crippen LogP contribution in [0.1, 0.15) is 62.0 Å². The maximum absolute atomic E-state index is 14.7. The van der Waals surface area contributed by atoms with E-state index in [0.717, 1.165) is 31.8 Å². The number of likely N-dealkylation sites (tertiary alicyclic amines) is 1. The van der Waals surface area contributed by atoms with E-state index in [1.165, 1.54) is 23.8 Å². The summed E-state index contributed by atoms with van der Waals surface area (Å²) >= 11 is 0. The number of halogens is 1. The van der Waals surface area contributed by atoms with Gasteiger partial charge in [-0.05, 0) is 35.4 Å². The van der Waals surface area contributed by atoms with Gasteiger partial charge in [0, 0.05) is 18.8 Å². The molecule has 2 aliphatic rings. The molecular formula is C19H26FN6O+. The van der Waals surface area contributed by atoms with E-state index in [2.05, 4.69) is 15.5 Å². The third-order valence-electron chi connectivity index (χ3n) is 6.10. The monoisotopic (exact) mass is 373 g/mol. The summed E-state index contributed by atoms with van der Waals surface area (Å²) < 4.78 is 16.6. The molecule has 0 unspecified atom stereocenters. The van der Waals surface area contributed by atoms with Gasteiger partial charge in [-0.15, -0.1) is 5.10 Å². The summed E-state index contributed by atoms with van der Waals surface area (Å²) in [5.74, 6) is 0.139. The van der Waals surface area contributed by atoms with E-state index in [4.69, 9.17) is 5.73 Å². The van der Waals surface area contributed by atoms with Crippen LogP contribution >= 0.6 is 0 Å². The molecule has 2 heterocycles. The van der Waals surface area contributed by atoms with Gasteiger partial charge in [0.2, 0.25) is 11.7 Å². The zero-order valence-corrected chi connectivity index (χ0v) is 15.4. The smallest absolute Gasteiger partial charge is 0.220 e. The number of nitrogens with two attached hydrogens (primary N) is 1. The van der Waals surface area contributed by atoms with E-state index >= 15 is 0 Å². The van der Waals surface area contributed by atoms with E-state index in [0.29, 0.717) is 18.4 Å². The van der Waals surface area contributed by atoms with Crippen LogP contribution in [0.25, 0.3) is 0 Å². The number of hydrogen-bond donors (Lipinski definition) is 2. The number of nitrogens with zero attached hydrogens (tertiary/aromatic N) is 4. The molecule has 7 nitrogen and oxygen atoms in total. The van der Waals surface area contributed by atoms with E-state index < -0.39 is 0 Å². The molecule has 1 atom stereocenters. The van der Waals surface area contributed by atoms with Gasteiger partial charge in [0.15, 0.2) is 6.04 Å². The number of aromatic nitrogens is 4. The average Bonchev–Trinajstić information content (AvgIpc) is 3.35. The van der Waals surface area contributed by atoms with Crippen molar-refractivity contribution >= 4 is 5.91 Å². The number of carbonyl (C=O) groups excluding carboxylic acids is 1. The standard InChI is InChI=1S/C19H25FN6O/c20-16-8-4-3-7-15(16)17(25-11-9-13(10-12-25)18(21)27)19-22-23-24-26(19)14-5-1-2-6-14/h3-4,7-8,13-14,17H,1-2,5-6,9-12H2,(H2,21,27)/p+1/t17-/m0/s1. The fourth-order valence-electron chi connectivity index (χ4n) is 4.61. The number of quaternary nitrogens is 1. The normalized spacial score (nSPS) is 24.8. The lowest BCUT2D eigenvalue weighted by molar-refractivity contribution is -0.932. The van der Waals surface area contributed by atoms with Crippen LogP contribution in [0.3, 0.4) is 0 Å². The Hall–Kier alpha value is -2.35. The number of benzene rings is 1. The number of tetrazole rings is 1. The van der Waals surface area contributed by atoms with Crippen molar-refractivity contribution < 1.29 is 14.1 Å². The van der Waals surface area contributed by atoms with Crippen LogP contribution in [0.15, 0.2) is 24.3 Å². The third-order valence-corrected chi connectivity index (χ3v) is 6.10. The van der Waals surface area contributed by atoms with Crippen molar-refractivity contribution in [2.24, 2.45) is 11.7 Å². The van der Waals surface area contributed by atoms with Gasteiger partial charge in [0.25, 0.3) is 0 Å². The van der Waals surface area contributed by atoms with E-state index in [1.54, 1.807) is 6.07 Å². The highest BCUT2D eigenvalue weighted by Gasteiger charge is 2.38. The van der Waals surface area contributed by atoms with Gasteiger partial charge in [-0.3, -0.25) is 4.79 Å². The van der Waals surface area contributed by atoms with Crippen molar-refractivity contribution in [1.29, 1.82) is 0 Å². The maximum Gasteiger partial charge on any atom is 0.220 e. The second-order valence-electron chi connectivity index (χ2n) is 7.71. The molecule has 0 radical (unpaired) electrons. The van der Waals surface area contributed by atoms with Crippen molar-refractivity contribution in [2.45, 2.75) is 50.6 Å². The molecule has 1 aromatic heterocycles. The van der Waals surface area contributed by atoms with Gasteiger partial charge in [-0.2, -0.15) is 0 Å². The molecule has 27 heavy (non-hydrogen) atoms. The van der Waals surface area contributed by atoms with Gasteiger partial charge in [-0.25, -0.2) is 9.07 Å². The number of amides is 1. The third kappa shape index (κ3) is 3.58. The fraction of sp³-hybridized carbons (Fsp3) is 0.579. The van der Waals surface area contributed by atoms with Crippen LogP contribution in [0.5, 0.6) is 0 Å². The molecular weight excluding hydrogens is 347 g/mol. The Kier molecular flexibility index (Phi) is 5.15. The summed E-state index contributed by atoms with van der Waals surface area (Å²) in [5, 5.41) is 12.5. The molecule has 1 aromatic carbocycles. The van der Waals surface area contributed by atoms with Crippen molar-refractivity contribution in [1.82, 2.24) is 20.2 Å². The Labute approximate surface area is 157 Å². The minimum absolute atomic E-state index is 0.0964. The van der Waals surface area contributed by atoms with Crippen molar-refractivity contribution in [3.05, 3.63) is 41.5 Å². The first kappa shape index (κ1) is 18.0. The summed E-state index contributed by atoms with van der Waals surface area (Å²) in [6, 6.07) is 6.86. The second kappa shape index (κ2) is 7.72. The van der Waals surface area contributed by atoms with Crippen LogP contribution in [0, 0.1) is 11.7 Å². The Bertz CT molecular complexity index is 795. The Morgan fingerprint density at radius 1 is 1.19 bits per heavy atom. The minimum atomic E-state index is -0.282. The molecule has 1 saturated heterocycles. The van der Waals surface area contributed by atoms with E-state index in [9.17, 15) is 9.18 Å². The first-order valence-corrected chi connectivity index (χ1v) is 9.81. The largest absolute Gasteiger partial charge is 0.369 e. The molecule has 0 spiro atoms. The van der Waals surface area contributed by atoms with Gasteiger partial charge >= 0.3 is 0 Å². The zero-order valence-electron chi connectivity index (χ0n) is 15.4. The molecule has 1 saturated carbocycles. The molecule has 1 amide bonds. The van der Waals surface area contributed by atoms with Gasteiger partial charge < -0.3 is 10.6 Å². The first-order valence-electron chi connectivity index (χ1n) is 9.81. The Morgan fingerprint density at radius 3 is 2.56 bits per heavy atom. The highest BCUT2D eigenvalue weighted by atomic mass is 19.1. The lowest BCUT2D eigenvalue weighted by atomic mass is 9.93. The predicted octanol–water partition coefficient (Wildman–Crippen LogP) is 0.797. The average molecular weight is 373 g/mol. The second-order valence-corrected chi connectivity index (χ2v) is 7.71. The SMILES string of the molecule is NC(=O)C1CC[NH+]([C@@H](c2ccccc2F)c2nnnn2C2CCCC2)CC1. The fourth-order valence-corrected chi connectivity index (χ4v) is 4.61. The first-order chi connectivity index (χ1) is 13.1. The summed E-state index contributed by atoms with van der Waals surface area (Å²) in [4.78, 5) is 12.7. The quantitative estimate of drug-likeness (QED) is 0.811. The number of carbonyl (C=O) groups is 1. The highest BCUT2D eigenvalue weighted by molar-refractivity contribution is 5.76. The lowest BCUT2D eigenvalue weighted by Crippen LogP contribution is -3.13. The topological polar surface area (TPSA) is 91.1 Å². The number of piperidine rings is 1. The number of primary amides is 1. The number of nitrogens with one attached hydrogen (secondary N) is 1. The van der Waals surface area contributed by atoms with E-state index in [-0.39, 0.29) is 29.7 Å².